The molecule has 0 bridgehead atoms. The van der Waals surface area contributed by atoms with Gasteiger partial charge in [-0.2, -0.15) is 0 Å². The number of benzene rings is 2. The first kappa shape index (κ1) is 11.7. The summed E-state index contributed by atoms with van der Waals surface area (Å²) < 4.78 is 6.97. The molecule has 0 amide bonds. The van der Waals surface area contributed by atoms with Gasteiger partial charge >= 0.3 is 0 Å². The second kappa shape index (κ2) is 4.18. The summed E-state index contributed by atoms with van der Waals surface area (Å²) in [6.07, 6.45) is 3.45. The van der Waals surface area contributed by atoms with Crippen LogP contribution in [0, 0.1) is 0 Å². The van der Waals surface area contributed by atoms with Crippen LogP contribution in [-0.4, -0.2) is 5.78 Å². The Kier molecular flexibility index (Phi) is 2.44. The van der Waals surface area contributed by atoms with E-state index in [1.54, 1.807) is 6.08 Å². The van der Waals surface area contributed by atoms with Crippen LogP contribution in [0.3, 0.4) is 0 Å². The first-order valence-corrected chi connectivity index (χ1v) is 7.07. The van der Waals surface area contributed by atoms with Crippen molar-refractivity contribution in [2.75, 3.05) is 0 Å². The molecule has 96 valence electrons. The van der Waals surface area contributed by atoms with Crippen molar-refractivity contribution in [1.82, 2.24) is 0 Å². The fourth-order valence-corrected chi connectivity index (χ4v) is 3.03. The van der Waals surface area contributed by atoms with E-state index in [-0.39, 0.29) is 5.78 Å². The number of rotatable bonds is 1. The minimum atomic E-state index is 0.0321. The number of allylic oxidation sites excluding steroid dienone is 1. The summed E-state index contributed by atoms with van der Waals surface area (Å²) in [5, 5.41) is 0.912. The molecule has 2 aromatic carbocycles. The smallest absolute Gasteiger partial charge is 0.186 e. The molecule has 3 aromatic rings. The molecule has 0 saturated heterocycles. The Morgan fingerprint density at radius 1 is 1.00 bits per heavy atom. The van der Waals surface area contributed by atoms with Crippen molar-refractivity contribution in [3.63, 3.8) is 0 Å². The van der Waals surface area contributed by atoms with Gasteiger partial charge in [-0.1, -0.05) is 40.2 Å². The van der Waals surface area contributed by atoms with Crippen molar-refractivity contribution >= 4 is 38.8 Å². The Labute approximate surface area is 123 Å². The highest BCUT2D eigenvalue weighted by Crippen LogP contribution is 2.39. The van der Waals surface area contributed by atoms with E-state index in [1.807, 2.05) is 48.5 Å². The molecular formula is C17H9BrO2. The van der Waals surface area contributed by atoms with Gasteiger partial charge in [0.2, 0.25) is 0 Å². The molecule has 1 aliphatic carbocycles. The minimum Gasteiger partial charge on any atom is -0.455 e. The Hall–Kier alpha value is -2.13. The maximum atomic E-state index is 11.9. The van der Waals surface area contributed by atoms with Gasteiger partial charge in [0.1, 0.15) is 11.3 Å². The number of hydrogen-bond donors (Lipinski definition) is 0. The van der Waals surface area contributed by atoms with E-state index in [1.165, 1.54) is 0 Å². The number of furan rings is 1. The second-order valence-electron chi connectivity index (χ2n) is 4.73. The summed E-state index contributed by atoms with van der Waals surface area (Å²) in [5.41, 5.74) is 3.44. The van der Waals surface area contributed by atoms with Gasteiger partial charge in [0.05, 0.1) is 0 Å². The maximum Gasteiger partial charge on any atom is 0.186 e. The molecule has 2 nitrogen and oxygen atoms in total. The van der Waals surface area contributed by atoms with Crippen LogP contribution in [0.1, 0.15) is 15.9 Å². The van der Waals surface area contributed by atoms with E-state index in [9.17, 15) is 4.79 Å². The van der Waals surface area contributed by atoms with Gasteiger partial charge in [0.25, 0.3) is 0 Å². The second-order valence-corrected chi connectivity index (χ2v) is 5.65. The topological polar surface area (TPSA) is 30.2 Å². The number of carbonyl (C=O) groups is 1. The first-order chi connectivity index (χ1) is 9.74. The molecule has 0 N–H and O–H groups in total. The third kappa shape index (κ3) is 1.60. The molecule has 1 heterocycles. The van der Waals surface area contributed by atoms with Crippen molar-refractivity contribution in [2.45, 2.75) is 0 Å². The summed E-state index contributed by atoms with van der Waals surface area (Å²) in [5.74, 6) is 0.835. The van der Waals surface area contributed by atoms with Crippen molar-refractivity contribution < 1.29 is 9.21 Å². The summed E-state index contributed by atoms with van der Waals surface area (Å²) in [7, 11) is 0. The monoisotopic (exact) mass is 324 g/mol. The fourth-order valence-electron chi connectivity index (χ4n) is 2.63. The van der Waals surface area contributed by atoms with Gasteiger partial charge in [-0.05, 0) is 30.4 Å². The molecule has 1 aliphatic rings. The van der Waals surface area contributed by atoms with E-state index in [0.29, 0.717) is 5.56 Å². The Bertz CT molecular complexity index is 887. The van der Waals surface area contributed by atoms with Gasteiger partial charge in [0.15, 0.2) is 5.78 Å². The average Bonchev–Trinajstić information content (AvgIpc) is 2.83. The van der Waals surface area contributed by atoms with E-state index in [2.05, 4.69) is 15.9 Å². The molecule has 20 heavy (non-hydrogen) atoms. The van der Waals surface area contributed by atoms with Gasteiger partial charge in [0, 0.05) is 26.5 Å². The Morgan fingerprint density at radius 2 is 1.85 bits per heavy atom. The van der Waals surface area contributed by atoms with Gasteiger partial charge in [-0.25, -0.2) is 0 Å². The highest BCUT2D eigenvalue weighted by molar-refractivity contribution is 9.10. The van der Waals surface area contributed by atoms with Crippen molar-refractivity contribution in [3.05, 3.63) is 64.1 Å². The van der Waals surface area contributed by atoms with Crippen LogP contribution in [0.4, 0.5) is 0 Å². The number of halogens is 1. The third-order valence-electron chi connectivity index (χ3n) is 3.51. The Morgan fingerprint density at radius 3 is 2.70 bits per heavy atom. The molecule has 0 radical (unpaired) electrons. The zero-order valence-corrected chi connectivity index (χ0v) is 12.0. The lowest BCUT2D eigenvalue weighted by Crippen LogP contribution is -1.99. The molecule has 0 atom stereocenters. The molecule has 0 aliphatic heterocycles. The van der Waals surface area contributed by atoms with E-state index in [4.69, 9.17) is 4.42 Å². The average molecular weight is 325 g/mol. The largest absolute Gasteiger partial charge is 0.455 e. The summed E-state index contributed by atoms with van der Waals surface area (Å²) >= 11 is 3.47. The summed E-state index contributed by atoms with van der Waals surface area (Å²) in [4.78, 5) is 11.9. The zero-order chi connectivity index (χ0) is 13.7. The van der Waals surface area contributed by atoms with Crippen LogP contribution >= 0.6 is 15.9 Å². The van der Waals surface area contributed by atoms with E-state index >= 15 is 0 Å². The molecule has 0 saturated carbocycles. The van der Waals surface area contributed by atoms with E-state index < -0.39 is 0 Å². The first-order valence-electron chi connectivity index (χ1n) is 6.28. The molecule has 4 rings (SSSR count). The fraction of sp³-hybridized carbons (Fsp3) is 0. The maximum absolute atomic E-state index is 11.9. The van der Waals surface area contributed by atoms with Crippen molar-refractivity contribution in [3.8, 4) is 11.3 Å². The predicted octanol–water partition coefficient (Wildman–Crippen LogP) is 5.07. The van der Waals surface area contributed by atoms with Crippen LogP contribution in [0.2, 0.25) is 0 Å². The normalized spacial score (nSPS) is 13.2. The van der Waals surface area contributed by atoms with Crippen LogP contribution in [0.25, 0.3) is 28.4 Å². The van der Waals surface area contributed by atoms with Crippen LogP contribution in [0.15, 0.2) is 57.4 Å². The molecular weight excluding hydrogens is 316 g/mol. The van der Waals surface area contributed by atoms with Gasteiger partial charge < -0.3 is 4.42 Å². The summed E-state index contributed by atoms with van der Waals surface area (Å²) in [6.45, 7) is 0. The molecule has 1 aromatic heterocycles. The van der Waals surface area contributed by atoms with Gasteiger partial charge in [-0.3, -0.25) is 4.79 Å². The SMILES string of the molecule is O=C1C=Cc2c(-c3cccc(Br)c3)oc3cccc1c23. The lowest BCUT2D eigenvalue weighted by Gasteiger charge is -2.05. The van der Waals surface area contributed by atoms with Crippen LogP contribution in [-0.2, 0) is 0 Å². The molecule has 0 fully saturated rings. The quantitative estimate of drug-likeness (QED) is 0.625. The molecule has 3 heteroatoms. The van der Waals surface area contributed by atoms with E-state index in [0.717, 1.165) is 32.3 Å². The Balaban J connectivity index is 2.09. The van der Waals surface area contributed by atoms with Crippen molar-refractivity contribution in [2.24, 2.45) is 0 Å². The minimum absolute atomic E-state index is 0.0321. The third-order valence-corrected chi connectivity index (χ3v) is 4.00. The van der Waals surface area contributed by atoms with Gasteiger partial charge in [-0.15, -0.1) is 0 Å². The zero-order valence-electron chi connectivity index (χ0n) is 10.4. The standard InChI is InChI=1S/C17H9BrO2/c18-11-4-1-3-10(9-11)17-13-7-8-14(19)12-5-2-6-15(20-17)16(12)13/h1-9H. The molecule has 0 spiro atoms. The van der Waals surface area contributed by atoms with Crippen LogP contribution < -0.4 is 0 Å². The number of carbonyl (C=O) groups excluding carboxylic acids is 1. The number of ketones is 1. The lowest BCUT2D eigenvalue weighted by molar-refractivity contribution is 0.104. The highest BCUT2D eigenvalue weighted by atomic mass is 79.9. The van der Waals surface area contributed by atoms with Crippen LogP contribution in [0.5, 0.6) is 0 Å². The lowest BCUT2D eigenvalue weighted by atomic mass is 9.95. The van der Waals surface area contributed by atoms with Crippen molar-refractivity contribution in [1.29, 1.82) is 0 Å². The highest BCUT2D eigenvalue weighted by Gasteiger charge is 2.22. The molecule has 0 unspecified atom stereocenters. The number of hydrogen-bond acceptors (Lipinski definition) is 2. The summed E-state index contributed by atoms with van der Waals surface area (Å²) in [6, 6.07) is 13.6. The predicted molar refractivity (Wildman–Crippen MR) is 82.7 cm³/mol.